The Bertz CT molecular complexity index is 158. The molecule has 0 aromatic heterocycles. The van der Waals surface area contributed by atoms with Gasteiger partial charge >= 0.3 is 0 Å². The van der Waals surface area contributed by atoms with E-state index in [2.05, 4.69) is 20.1 Å². The summed E-state index contributed by atoms with van der Waals surface area (Å²) in [6.45, 7) is 9.82. The smallest absolute Gasteiger partial charge is 0.156 e. The molecule has 0 fully saturated rings. The van der Waals surface area contributed by atoms with Crippen molar-refractivity contribution in [1.82, 2.24) is 0 Å². The van der Waals surface area contributed by atoms with Crippen molar-refractivity contribution in [3.63, 3.8) is 0 Å². The first kappa shape index (κ1) is 14.0. The van der Waals surface area contributed by atoms with Crippen molar-refractivity contribution in [1.29, 1.82) is 0 Å². The minimum absolute atomic E-state index is 1.10. The summed E-state index contributed by atoms with van der Waals surface area (Å²) in [5.74, 6) is 0. The van der Waals surface area contributed by atoms with Gasteiger partial charge < -0.3 is 0 Å². The standard InChI is InChI=1S/C12H23ClSi/c1-4-7-8-9-10-11-12-14(13,5-2)6-3/h5-6H,2-4,7-12H2,1H3. The lowest BCUT2D eigenvalue weighted by Gasteiger charge is -2.14. The van der Waals surface area contributed by atoms with Crippen LogP contribution in [0.1, 0.15) is 45.4 Å². The minimum atomic E-state index is -1.77. The molecule has 0 aliphatic rings. The van der Waals surface area contributed by atoms with E-state index in [-0.39, 0.29) is 0 Å². The molecule has 0 saturated carbocycles. The van der Waals surface area contributed by atoms with Gasteiger partial charge in [0, 0.05) is 0 Å². The summed E-state index contributed by atoms with van der Waals surface area (Å²) >= 11 is 6.35. The Morgan fingerprint density at radius 2 is 1.50 bits per heavy atom. The molecule has 82 valence electrons. The Kier molecular flexibility index (Phi) is 8.30. The Balaban J connectivity index is 3.43. The van der Waals surface area contributed by atoms with Crippen LogP contribution >= 0.6 is 11.1 Å². The highest BCUT2D eigenvalue weighted by Gasteiger charge is 2.21. The third kappa shape index (κ3) is 6.44. The van der Waals surface area contributed by atoms with Crippen LogP contribution in [0, 0.1) is 0 Å². The van der Waals surface area contributed by atoms with Crippen LogP contribution in [0.3, 0.4) is 0 Å². The van der Waals surface area contributed by atoms with Gasteiger partial charge in [0.25, 0.3) is 0 Å². The molecule has 0 rings (SSSR count). The molecule has 0 aliphatic carbocycles. The van der Waals surface area contributed by atoms with E-state index >= 15 is 0 Å². The van der Waals surface area contributed by atoms with Gasteiger partial charge in [-0.05, 0) is 6.04 Å². The van der Waals surface area contributed by atoms with E-state index in [1.165, 1.54) is 38.5 Å². The maximum Gasteiger partial charge on any atom is 0.202 e. The second kappa shape index (κ2) is 8.31. The fraction of sp³-hybridized carbons (Fsp3) is 0.667. The average Bonchev–Trinajstić information content (AvgIpc) is 2.23. The molecule has 2 heteroatoms. The molecule has 0 aliphatic heterocycles. The maximum absolute atomic E-state index is 6.35. The molecule has 0 aromatic carbocycles. The molecule has 0 atom stereocenters. The van der Waals surface area contributed by atoms with Gasteiger partial charge in [-0.2, -0.15) is 11.1 Å². The molecule has 0 amide bonds. The highest BCUT2D eigenvalue weighted by atomic mass is 35.6. The minimum Gasteiger partial charge on any atom is -0.156 e. The first-order valence-corrected chi connectivity index (χ1v) is 9.02. The highest BCUT2D eigenvalue weighted by Crippen LogP contribution is 2.21. The Morgan fingerprint density at radius 1 is 1.00 bits per heavy atom. The third-order valence-corrected chi connectivity index (χ3v) is 6.56. The van der Waals surface area contributed by atoms with E-state index in [1.54, 1.807) is 0 Å². The molecule has 0 saturated heterocycles. The molecule has 0 spiro atoms. The third-order valence-electron chi connectivity index (χ3n) is 2.59. The van der Waals surface area contributed by atoms with Crippen LogP contribution in [0.4, 0.5) is 0 Å². The number of hydrogen-bond donors (Lipinski definition) is 0. The zero-order chi connectivity index (χ0) is 10.9. The van der Waals surface area contributed by atoms with Gasteiger partial charge in [0.15, 0.2) is 0 Å². The zero-order valence-corrected chi connectivity index (χ0v) is 11.2. The van der Waals surface area contributed by atoms with Gasteiger partial charge in [-0.15, -0.1) is 13.2 Å². The summed E-state index contributed by atoms with van der Waals surface area (Å²) < 4.78 is 0. The van der Waals surface area contributed by atoms with Crippen molar-refractivity contribution in [2.75, 3.05) is 0 Å². The quantitative estimate of drug-likeness (QED) is 0.298. The zero-order valence-electron chi connectivity index (χ0n) is 9.40. The van der Waals surface area contributed by atoms with Crippen LogP contribution in [0.15, 0.2) is 24.6 Å². The Hall–Kier alpha value is -0.0131. The predicted octanol–water partition coefficient (Wildman–Crippen LogP) is 4.98. The van der Waals surface area contributed by atoms with E-state index < -0.39 is 7.38 Å². The van der Waals surface area contributed by atoms with Crippen molar-refractivity contribution in [3.05, 3.63) is 24.6 Å². The van der Waals surface area contributed by atoms with Crippen LogP contribution in [-0.4, -0.2) is 7.38 Å². The topological polar surface area (TPSA) is 0 Å². The second-order valence-electron chi connectivity index (χ2n) is 3.85. The first-order valence-electron chi connectivity index (χ1n) is 5.64. The van der Waals surface area contributed by atoms with Crippen LogP contribution in [0.25, 0.3) is 0 Å². The van der Waals surface area contributed by atoms with Gasteiger partial charge in [0.1, 0.15) is 0 Å². The monoisotopic (exact) mass is 230 g/mol. The lowest BCUT2D eigenvalue weighted by molar-refractivity contribution is 0.623. The predicted molar refractivity (Wildman–Crippen MR) is 70.2 cm³/mol. The van der Waals surface area contributed by atoms with Gasteiger partial charge in [0.2, 0.25) is 7.38 Å². The van der Waals surface area contributed by atoms with Crippen molar-refractivity contribution in [2.24, 2.45) is 0 Å². The number of rotatable bonds is 9. The molecule has 0 radical (unpaired) electrons. The Morgan fingerprint density at radius 3 is 2.00 bits per heavy atom. The van der Waals surface area contributed by atoms with Gasteiger partial charge in [-0.1, -0.05) is 56.8 Å². The van der Waals surface area contributed by atoms with Crippen molar-refractivity contribution < 1.29 is 0 Å². The van der Waals surface area contributed by atoms with Crippen LogP contribution in [0.5, 0.6) is 0 Å². The van der Waals surface area contributed by atoms with Gasteiger partial charge in [-0.3, -0.25) is 0 Å². The Labute approximate surface area is 94.8 Å². The number of halogens is 1. The summed E-state index contributed by atoms with van der Waals surface area (Å²) in [5.41, 5.74) is 3.85. The summed E-state index contributed by atoms with van der Waals surface area (Å²) in [4.78, 5) is 0. The molecular formula is C12H23ClSi. The molecule has 0 nitrogen and oxygen atoms in total. The fourth-order valence-corrected chi connectivity index (χ4v) is 3.23. The van der Waals surface area contributed by atoms with Gasteiger partial charge in [0.05, 0.1) is 0 Å². The molecule has 0 unspecified atom stereocenters. The summed E-state index contributed by atoms with van der Waals surface area (Å²) in [6, 6.07) is 1.10. The van der Waals surface area contributed by atoms with E-state index in [1.807, 2.05) is 11.4 Å². The van der Waals surface area contributed by atoms with Crippen molar-refractivity contribution >= 4 is 18.5 Å². The van der Waals surface area contributed by atoms with Crippen LogP contribution in [-0.2, 0) is 0 Å². The fourth-order valence-electron chi connectivity index (χ4n) is 1.46. The van der Waals surface area contributed by atoms with E-state index in [9.17, 15) is 0 Å². The number of hydrogen-bond acceptors (Lipinski definition) is 0. The molecular weight excluding hydrogens is 208 g/mol. The largest absolute Gasteiger partial charge is 0.202 e. The van der Waals surface area contributed by atoms with E-state index in [4.69, 9.17) is 11.1 Å². The molecule has 0 aromatic rings. The summed E-state index contributed by atoms with van der Waals surface area (Å²) in [5, 5.41) is 0. The molecule has 0 N–H and O–H groups in total. The van der Waals surface area contributed by atoms with Crippen molar-refractivity contribution in [3.8, 4) is 0 Å². The summed E-state index contributed by atoms with van der Waals surface area (Å²) in [6.07, 6.45) is 7.94. The number of unbranched alkanes of at least 4 members (excludes halogenated alkanes) is 5. The molecule has 0 heterocycles. The van der Waals surface area contributed by atoms with E-state index in [0.29, 0.717) is 0 Å². The first-order chi connectivity index (χ1) is 6.68. The summed E-state index contributed by atoms with van der Waals surface area (Å²) in [7, 11) is -1.77. The lowest BCUT2D eigenvalue weighted by atomic mass is 10.1. The average molecular weight is 231 g/mol. The molecule has 0 bridgehead atoms. The second-order valence-corrected chi connectivity index (χ2v) is 9.13. The van der Waals surface area contributed by atoms with Crippen LogP contribution in [0.2, 0.25) is 6.04 Å². The SMILES string of the molecule is C=C[Si](Cl)(C=C)CCCCCCCC. The van der Waals surface area contributed by atoms with Crippen molar-refractivity contribution in [2.45, 2.75) is 51.5 Å². The maximum atomic E-state index is 6.35. The van der Waals surface area contributed by atoms with Crippen LogP contribution < -0.4 is 0 Å². The van der Waals surface area contributed by atoms with Gasteiger partial charge in [-0.25, -0.2) is 0 Å². The lowest BCUT2D eigenvalue weighted by Crippen LogP contribution is -2.20. The molecule has 14 heavy (non-hydrogen) atoms. The highest BCUT2D eigenvalue weighted by molar-refractivity contribution is 7.25. The normalized spacial score (nSPS) is 11.3. The van der Waals surface area contributed by atoms with E-state index in [0.717, 1.165) is 6.04 Å².